The first-order chi connectivity index (χ1) is 9.72. The monoisotopic (exact) mass is 292 g/mol. The van der Waals surface area contributed by atoms with Crippen molar-refractivity contribution < 1.29 is 4.79 Å². The predicted molar refractivity (Wildman–Crippen MR) is 73.2 cm³/mol. The molecule has 1 saturated heterocycles. The molecular formula is C12H16N6OS. The van der Waals surface area contributed by atoms with Crippen molar-refractivity contribution in [2.24, 2.45) is 0 Å². The van der Waals surface area contributed by atoms with Gasteiger partial charge in [0.05, 0.1) is 5.01 Å². The van der Waals surface area contributed by atoms with Gasteiger partial charge >= 0.3 is 0 Å². The minimum absolute atomic E-state index is 0.0651. The van der Waals surface area contributed by atoms with E-state index in [4.69, 9.17) is 0 Å². The summed E-state index contributed by atoms with van der Waals surface area (Å²) in [7, 11) is 0. The summed E-state index contributed by atoms with van der Waals surface area (Å²) in [6.07, 6.45) is 3.58. The molecule has 106 valence electrons. The average molecular weight is 292 g/mol. The molecule has 0 N–H and O–H groups in total. The Hall–Kier alpha value is -1.83. The third-order valence-electron chi connectivity index (χ3n) is 3.45. The van der Waals surface area contributed by atoms with Crippen molar-refractivity contribution in [3.63, 3.8) is 0 Å². The lowest BCUT2D eigenvalue weighted by molar-refractivity contribution is -0.133. The normalized spacial score (nSPS) is 19.2. The van der Waals surface area contributed by atoms with E-state index < -0.39 is 0 Å². The van der Waals surface area contributed by atoms with Crippen LogP contribution in [0.2, 0.25) is 0 Å². The molecule has 0 radical (unpaired) electrons. The smallest absolute Gasteiger partial charge is 0.244 e. The number of carbonyl (C=O) groups excluding carboxylic acids is 1. The lowest BCUT2D eigenvalue weighted by atomic mass is 9.98. The average Bonchev–Trinajstić information content (AvgIpc) is 3.10. The van der Waals surface area contributed by atoms with Crippen LogP contribution in [-0.4, -0.2) is 49.1 Å². The van der Waals surface area contributed by atoms with Crippen LogP contribution in [0.15, 0.2) is 11.7 Å². The molecule has 8 heteroatoms. The number of likely N-dealkylation sites (tertiary alicyclic amines) is 1. The third kappa shape index (κ3) is 2.84. The quantitative estimate of drug-likeness (QED) is 0.838. The summed E-state index contributed by atoms with van der Waals surface area (Å²) in [5, 5.41) is 14.0. The Kier molecular flexibility index (Phi) is 3.72. The minimum Gasteiger partial charge on any atom is -0.340 e. The molecule has 2 aromatic rings. The maximum Gasteiger partial charge on any atom is 0.244 e. The van der Waals surface area contributed by atoms with E-state index in [0.29, 0.717) is 5.92 Å². The number of aryl methyl sites for hydroxylation is 1. The van der Waals surface area contributed by atoms with E-state index in [9.17, 15) is 4.79 Å². The Bertz CT molecular complexity index is 581. The van der Waals surface area contributed by atoms with E-state index >= 15 is 0 Å². The zero-order valence-electron chi connectivity index (χ0n) is 11.3. The summed E-state index contributed by atoms with van der Waals surface area (Å²) in [5.41, 5.74) is 1.06. The molecule has 7 nitrogen and oxygen atoms in total. The predicted octanol–water partition coefficient (Wildman–Crippen LogP) is 0.844. The standard InChI is InChI=1S/C12H16N6OS/c1-9-7-20-12(14-9)10-3-2-4-17(5-10)11(19)6-18-8-13-15-16-18/h7-8,10H,2-6H2,1H3/t10-/m0/s1. The summed E-state index contributed by atoms with van der Waals surface area (Å²) in [6, 6.07) is 0. The van der Waals surface area contributed by atoms with E-state index in [0.717, 1.165) is 36.6 Å². The molecule has 0 saturated carbocycles. The highest BCUT2D eigenvalue weighted by atomic mass is 32.1. The maximum atomic E-state index is 12.2. The fourth-order valence-electron chi connectivity index (χ4n) is 2.46. The Morgan fingerprint density at radius 1 is 1.55 bits per heavy atom. The second kappa shape index (κ2) is 5.66. The van der Waals surface area contributed by atoms with Gasteiger partial charge in [-0.2, -0.15) is 0 Å². The zero-order chi connectivity index (χ0) is 13.9. The fraction of sp³-hybridized carbons (Fsp3) is 0.583. The highest BCUT2D eigenvalue weighted by Crippen LogP contribution is 2.29. The Balaban J connectivity index is 1.64. The topological polar surface area (TPSA) is 76.8 Å². The van der Waals surface area contributed by atoms with Crippen LogP contribution in [-0.2, 0) is 11.3 Å². The molecule has 3 heterocycles. The van der Waals surface area contributed by atoms with E-state index in [-0.39, 0.29) is 12.5 Å². The SMILES string of the molecule is Cc1csc([C@H]2CCCN(C(=O)Cn3cnnn3)C2)n1. The first-order valence-corrected chi connectivity index (χ1v) is 7.51. The van der Waals surface area contributed by atoms with Crippen LogP contribution < -0.4 is 0 Å². The second-order valence-electron chi connectivity index (χ2n) is 5.01. The molecule has 1 aliphatic rings. The summed E-state index contributed by atoms with van der Waals surface area (Å²) in [6.45, 7) is 3.76. The molecule has 0 bridgehead atoms. The molecule has 1 fully saturated rings. The highest BCUT2D eigenvalue weighted by Gasteiger charge is 2.26. The first kappa shape index (κ1) is 13.2. The van der Waals surface area contributed by atoms with Crippen molar-refractivity contribution in [2.45, 2.75) is 32.2 Å². The minimum atomic E-state index is 0.0651. The largest absolute Gasteiger partial charge is 0.340 e. The first-order valence-electron chi connectivity index (χ1n) is 6.63. The lowest BCUT2D eigenvalue weighted by Crippen LogP contribution is -2.40. The van der Waals surface area contributed by atoms with Gasteiger partial charge < -0.3 is 4.90 Å². The number of nitrogens with zero attached hydrogens (tertiary/aromatic N) is 6. The molecule has 0 aromatic carbocycles. The molecule has 1 atom stereocenters. The number of aromatic nitrogens is 5. The summed E-state index contributed by atoms with van der Waals surface area (Å²) >= 11 is 1.69. The van der Waals surface area contributed by atoms with Gasteiger partial charge in [0.1, 0.15) is 12.9 Å². The van der Waals surface area contributed by atoms with Crippen molar-refractivity contribution in [3.05, 3.63) is 22.4 Å². The zero-order valence-corrected chi connectivity index (χ0v) is 12.1. The van der Waals surface area contributed by atoms with Gasteiger partial charge in [-0.1, -0.05) is 0 Å². The number of carbonyl (C=O) groups is 1. The van der Waals surface area contributed by atoms with Crippen LogP contribution in [0.5, 0.6) is 0 Å². The Morgan fingerprint density at radius 2 is 2.45 bits per heavy atom. The maximum absolute atomic E-state index is 12.2. The van der Waals surface area contributed by atoms with Gasteiger partial charge in [0.2, 0.25) is 5.91 Å². The number of hydrogen-bond donors (Lipinski definition) is 0. The molecule has 0 unspecified atom stereocenters. The second-order valence-corrected chi connectivity index (χ2v) is 5.90. The molecule has 0 spiro atoms. The van der Waals surface area contributed by atoms with Gasteiger partial charge in [-0.25, -0.2) is 9.67 Å². The van der Waals surface area contributed by atoms with Crippen molar-refractivity contribution in [2.75, 3.05) is 13.1 Å². The number of tetrazole rings is 1. The van der Waals surface area contributed by atoms with Gasteiger partial charge in [-0.05, 0) is 30.2 Å². The molecule has 3 rings (SSSR count). The van der Waals surface area contributed by atoms with Gasteiger partial charge in [-0.3, -0.25) is 4.79 Å². The number of hydrogen-bond acceptors (Lipinski definition) is 6. The van der Waals surface area contributed by atoms with E-state index in [1.54, 1.807) is 11.3 Å². The van der Waals surface area contributed by atoms with E-state index in [1.807, 2.05) is 11.8 Å². The van der Waals surface area contributed by atoms with Crippen molar-refractivity contribution in [1.82, 2.24) is 30.1 Å². The fourth-order valence-corrected chi connectivity index (χ4v) is 3.38. The lowest BCUT2D eigenvalue weighted by Gasteiger charge is -2.31. The van der Waals surface area contributed by atoms with Crippen LogP contribution in [0, 0.1) is 6.92 Å². The molecule has 2 aromatic heterocycles. The van der Waals surface area contributed by atoms with Crippen LogP contribution in [0.4, 0.5) is 0 Å². The van der Waals surface area contributed by atoms with Crippen molar-refractivity contribution >= 4 is 17.2 Å². The molecule has 0 aliphatic carbocycles. The van der Waals surface area contributed by atoms with Crippen molar-refractivity contribution in [3.8, 4) is 0 Å². The number of thiazole rings is 1. The van der Waals surface area contributed by atoms with Crippen LogP contribution in [0.25, 0.3) is 0 Å². The van der Waals surface area contributed by atoms with Gasteiger partial charge in [0, 0.05) is 30.1 Å². The third-order valence-corrected chi connectivity index (χ3v) is 4.57. The van der Waals surface area contributed by atoms with Gasteiger partial charge in [-0.15, -0.1) is 16.4 Å². The Morgan fingerprint density at radius 3 is 3.15 bits per heavy atom. The van der Waals surface area contributed by atoms with E-state index in [1.165, 1.54) is 11.0 Å². The van der Waals surface area contributed by atoms with Crippen LogP contribution >= 0.6 is 11.3 Å². The van der Waals surface area contributed by atoms with Crippen LogP contribution in [0.3, 0.4) is 0 Å². The summed E-state index contributed by atoms with van der Waals surface area (Å²) in [4.78, 5) is 18.7. The highest BCUT2D eigenvalue weighted by molar-refractivity contribution is 7.09. The Labute approximate surface area is 120 Å². The molecule has 1 aliphatic heterocycles. The van der Waals surface area contributed by atoms with Gasteiger partial charge in [0.15, 0.2) is 0 Å². The van der Waals surface area contributed by atoms with Gasteiger partial charge in [0.25, 0.3) is 0 Å². The number of piperidine rings is 1. The van der Waals surface area contributed by atoms with Crippen molar-refractivity contribution in [1.29, 1.82) is 0 Å². The summed E-state index contributed by atoms with van der Waals surface area (Å²) in [5.74, 6) is 0.426. The number of rotatable bonds is 3. The molecular weight excluding hydrogens is 276 g/mol. The molecule has 20 heavy (non-hydrogen) atoms. The summed E-state index contributed by atoms with van der Waals surface area (Å²) < 4.78 is 1.46. The van der Waals surface area contributed by atoms with Crippen LogP contribution in [0.1, 0.15) is 29.5 Å². The molecule has 1 amide bonds. The van der Waals surface area contributed by atoms with E-state index in [2.05, 4.69) is 25.9 Å². The number of amides is 1.